The predicted molar refractivity (Wildman–Crippen MR) is 126 cm³/mol. The van der Waals surface area contributed by atoms with E-state index in [-0.39, 0.29) is 24.2 Å². The van der Waals surface area contributed by atoms with Crippen LogP contribution < -0.4 is 5.73 Å². The number of morpholine rings is 1. The van der Waals surface area contributed by atoms with E-state index in [1.54, 1.807) is 25.2 Å². The van der Waals surface area contributed by atoms with Crippen molar-refractivity contribution in [1.82, 2.24) is 19.7 Å². The SMILES string of the molecule is C=N/C(=N\C(=N/Cc1cnc(N)s1)OC1CCN(C(=O)N(C)C)CC1)N1CCOCC1C. The molecule has 1 aromatic rings. The fraction of sp³-hybridized carbons (Fsp3) is 0.650. The lowest BCUT2D eigenvalue weighted by atomic mass is 10.1. The molecule has 11 nitrogen and oxygen atoms in total. The van der Waals surface area contributed by atoms with Crippen LogP contribution in [0.5, 0.6) is 0 Å². The molecule has 2 fully saturated rings. The summed E-state index contributed by atoms with van der Waals surface area (Å²) in [4.78, 5) is 36.0. The number of piperidine rings is 1. The molecule has 176 valence electrons. The Morgan fingerprint density at radius 3 is 2.75 bits per heavy atom. The molecule has 32 heavy (non-hydrogen) atoms. The standard InChI is InChI=1S/C20H32N8O3S/c1-14-13-30-10-9-28(14)18(22-2)25-19(24-12-16-11-23-17(21)32-16)31-15-5-7-27(8-6-15)20(29)26(3)4/h11,14-15H,2,5-10,12-13H2,1,3-4H3,(H2,21,23)/b24-19+,25-18+. The van der Waals surface area contributed by atoms with Gasteiger partial charge in [0.1, 0.15) is 6.10 Å². The normalized spacial score (nSPS) is 20.9. The number of hydrogen-bond donors (Lipinski definition) is 1. The summed E-state index contributed by atoms with van der Waals surface area (Å²) in [5, 5.41) is 0.495. The van der Waals surface area contributed by atoms with Crippen molar-refractivity contribution in [3.8, 4) is 0 Å². The van der Waals surface area contributed by atoms with E-state index in [0.717, 1.165) is 4.88 Å². The third-order valence-electron chi connectivity index (χ3n) is 5.27. The van der Waals surface area contributed by atoms with Crippen molar-refractivity contribution in [3.63, 3.8) is 0 Å². The number of likely N-dealkylation sites (tertiary alicyclic amines) is 1. The molecule has 1 unspecified atom stereocenters. The van der Waals surface area contributed by atoms with Crippen molar-refractivity contribution in [2.75, 3.05) is 52.7 Å². The minimum Gasteiger partial charge on any atom is -0.460 e. The van der Waals surface area contributed by atoms with Gasteiger partial charge in [-0.3, -0.25) is 0 Å². The summed E-state index contributed by atoms with van der Waals surface area (Å²) in [6.45, 7) is 9.21. The molecular formula is C20H32N8O3S. The Morgan fingerprint density at radius 2 is 2.16 bits per heavy atom. The fourth-order valence-corrected chi connectivity index (χ4v) is 4.15. The van der Waals surface area contributed by atoms with Gasteiger partial charge in [0.2, 0.25) is 5.96 Å². The molecule has 2 amide bonds. The van der Waals surface area contributed by atoms with Crippen molar-refractivity contribution in [3.05, 3.63) is 11.1 Å². The molecule has 0 saturated carbocycles. The smallest absolute Gasteiger partial charge is 0.319 e. The third kappa shape index (κ3) is 6.39. The highest BCUT2D eigenvalue weighted by Gasteiger charge is 2.27. The molecule has 0 spiro atoms. The Hall–Kier alpha value is -2.73. The van der Waals surface area contributed by atoms with Crippen LogP contribution in [0.1, 0.15) is 24.6 Å². The van der Waals surface area contributed by atoms with Gasteiger partial charge < -0.3 is 29.9 Å². The van der Waals surface area contributed by atoms with Gasteiger partial charge in [-0.15, -0.1) is 11.3 Å². The number of thiazole rings is 1. The second-order valence-corrected chi connectivity index (χ2v) is 9.08. The van der Waals surface area contributed by atoms with Gasteiger partial charge in [-0.2, -0.15) is 4.99 Å². The van der Waals surface area contributed by atoms with Crippen LogP contribution in [0.2, 0.25) is 0 Å². The maximum absolute atomic E-state index is 12.2. The van der Waals surface area contributed by atoms with Crippen LogP contribution in [-0.4, -0.2) is 104 Å². The van der Waals surface area contributed by atoms with Crippen LogP contribution in [0.3, 0.4) is 0 Å². The van der Waals surface area contributed by atoms with Gasteiger partial charge in [-0.1, -0.05) is 0 Å². The number of amidine groups is 1. The zero-order valence-electron chi connectivity index (χ0n) is 18.9. The molecule has 0 bridgehead atoms. The summed E-state index contributed by atoms with van der Waals surface area (Å²) in [7, 11) is 3.51. The number of nitrogen functional groups attached to an aromatic ring is 1. The first-order valence-electron chi connectivity index (χ1n) is 10.6. The number of ether oxygens (including phenoxy) is 2. The number of amides is 2. The van der Waals surface area contributed by atoms with E-state index in [9.17, 15) is 4.79 Å². The van der Waals surface area contributed by atoms with Crippen LogP contribution >= 0.6 is 11.3 Å². The third-order valence-corrected chi connectivity index (χ3v) is 6.08. The van der Waals surface area contributed by atoms with Crippen LogP contribution in [0.15, 0.2) is 21.2 Å². The number of guanidine groups is 1. The zero-order valence-corrected chi connectivity index (χ0v) is 19.8. The number of aromatic nitrogens is 1. The van der Waals surface area contributed by atoms with E-state index in [0.29, 0.717) is 63.3 Å². The van der Waals surface area contributed by atoms with E-state index in [1.807, 2.05) is 9.80 Å². The highest BCUT2D eigenvalue weighted by atomic mass is 32.1. The molecule has 0 aromatic carbocycles. The summed E-state index contributed by atoms with van der Waals surface area (Å²) in [6, 6.07) is 0.379. The lowest BCUT2D eigenvalue weighted by Crippen LogP contribution is -2.47. The topological polar surface area (TPSA) is 121 Å². The van der Waals surface area contributed by atoms with Crippen LogP contribution in [0.4, 0.5) is 9.93 Å². The first kappa shape index (κ1) is 23.9. The van der Waals surface area contributed by atoms with Gasteiger partial charge in [0, 0.05) is 57.6 Å². The molecule has 3 rings (SSSR count). The molecule has 0 aliphatic carbocycles. The zero-order chi connectivity index (χ0) is 23.1. The average molecular weight is 465 g/mol. The van der Waals surface area contributed by atoms with Crippen molar-refractivity contribution in [2.24, 2.45) is 15.0 Å². The number of anilines is 1. The Labute approximate surface area is 192 Å². The van der Waals surface area contributed by atoms with Gasteiger partial charge in [0.15, 0.2) is 5.13 Å². The predicted octanol–water partition coefficient (Wildman–Crippen LogP) is 1.52. The monoisotopic (exact) mass is 464 g/mol. The van der Waals surface area contributed by atoms with Crippen LogP contribution in [0.25, 0.3) is 0 Å². The Bertz CT molecular complexity index is 848. The lowest BCUT2D eigenvalue weighted by Gasteiger charge is -2.34. The molecule has 2 saturated heterocycles. The highest BCUT2D eigenvalue weighted by molar-refractivity contribution is 7.15. The maximum atomic E-state index is 12.2. The summed E-state index contributed by atoms with van der Waals surface area (Å²) >= 11 is 1.38. The largest absolute Gasteiger partial charge is 0.460 e. The molecule has 3 heterocycles. The molecule has 12 heteroatoms. The first-order valence-corrected chi connectivity index (χ1v) is 11.5. The van der Waals surface area contributed by atoms with Gasteiger partial charge in [0.25, 0.3) is 0 Å². The van der Waals surface area contributed by atoms with Gasteiger partial charge >= 0.3 is 12.1 Å². The number of rotatable bonds is 3. The number of nitrogens with zero attached hydrogens (tertiary/aromatic N) is 7. The molecule has 2 aliphatic rings. The summed E-state index contributed by atoms with van der Waals surface area (Å²) < 4.78 is 11.7. The quantitative estimate of drug-likeness (QED) is 0.535. The van der Waals surface area contributed by atoms with Crippen LogP contribution in [-0.2, 0) is 16.0 Å². The first-order chi connectivity index (χ1) is 15.4. The maximum Gasteiger partial charge on any atom is 0.319 e. The summed E-state index contributed by atoms with van der Waals surface area (Å²) in [6.07, 6.45) is 3.01. The number of carbonyl (C=O) groups excluding carboxylic acids is 1. The second kappa shape index (κ2) is 11.2. The minimum atomic E-state index is -0.0941. The van der Waals surface area contributed by atoms with Crippen LogP contribution in [0, 0.1) is 0 Å². The van der Waals surface area contributed by atoms with Gasteiger partial charge in [-0.05, 0) is 13.6 Å². The average Bonchev–Trinajstić information content (AvgIpc) is 3.21. The number of nitrogens with two attached hydrogens (primary N) is 1. The lowest BCUT2D eigenvalue weighted by molar-refractivity contribution is 0.0326. The van der Waals surface area contributed by atoms with Crippen molar-refractivity contribution in [1.29, 1.82) is 0 Å². The van der Waals surface area contributed by atoms with E-state index >= 15 is 0 Å². The Balaban J connectivity index is 1.73. The fourth-order valence-electron chi connectivity index (χ4n) is 3.54. The Kier molecular flexibility index (Phi) is 8.39. The molecule has 2 N–H and O–H groups in total. The van der Waals surface area contributed by atoms with E-state index in [4.69, 9.17) is 15.2 Å². The number of hydrogen-bond acceptors (Lipinski definition) is 7. The second-order valence-electron chi connectivity index (χ2n) is 7.93. The number of urea groups is 1. The van der Waals surface area contributed by atoms with E-state index in [2.05, 4.69) is 33.6 Å². The summed E-state index contributed by atoms with van der Waals surface area (Å²) in [5.74, 6) is 0.462. The van der Waals surface area contributed by atoms with Crippen molar-refractivity contribution in [2.45, 2.75) is 38.5 Å². The van der Waals surface area contributed by atoms with Crippen molar-refractivity contribution < 1.29 is 14.3 Å². The molecular weight excluding hydrogens is 432 g/mol. The highest BCUT2D eigenvalue weighted by Crippen LogP contribution is 2.18. The molecule has 1 aromatic heterocycles. The number of aliphatic imine (C=N–C) groups is 3. The Morgan fingerprint density at radius 1 is 1.41 bits per heavy atom. The molecule has 2 aliphatic heterocycles. The molecule has 1 atom stereocenters. The van der Waals surface area contributed by atoms with Crippen molar-refractivity contribution >= 4 is 41.2 Å². The van der Waals surface area contributed by atoms with E-state index in [1.165, 1.54) is 11.3 Å². The minimum absolute atomic E-state index is 0.0117. The number of carbonyl (C=O) groups is 1. The van der Waals surface area contributed by atoms with Gasteiger partial charge in [0.05, 0.1) is 25.8 Å². The molecule has 0 radical (unpaired) electrons. The summed E-state index contributed by atoms with van der Waals surface area (Å²) in [5.41, 5.74) is 5.73. The van der Waals surface area contributed by atoms with E-state index < -0.39 is 0 Å². The van der Waals surface area contributed by atoms with Gasteiger partial charge in [-0.25, -0.2) is 19.8 Å².